The maximum absolute atomic E-state index is 14.2. The Bertz CT molecular complexity index is 1520. The normalized spacial score (nSPS) is 14.7. The van der Waals surface area contributed by atoms with Gasteiger partial charge in [0.2, 0.25) is 11.8 Å². The highest BCUT2D eigenvalue weighted by molar-refractivity contribution is 7.92. The van der Waals surface area contributed by atoms with E-state index in [0.717, 1.165) is 48.9 Å². The van der Waals surface area contributed by atoms with Gasteiger partial charge in [-0.3, -0.25) is 13.9 Å². The molecule has 4 rings (SSSR count). The second-order valence-electron chi connectivity index (χ2n) is 10.7. The lowest BCUT2D eigenvalue weighted by Crippen LogP contribution is -2.53. The quantitative estimate of drug-likeness (QED) is 0.284. The zero-order valence-electron chi connectivity index (χ0n) is 24.2. The average molecular weight is 616 g/mol. The highest BCUT2D eigenvalue weighted by Crippen LogP contribution is 2.33. The van der Waals surface area contributed by atoms with E-state index in [0.29, 0.717) is 10.4 Å². The van der Waals surface area contributed by atoms with Crippen LogP contribution in [0, 0.1) is 6.92 Å². The molecule has 1 N–H and O–H groups in total. The molecule has 2 amide bonds. The van der Waals surface area contributed by atoms with E-state index >= 15 is 0 Å². The van der Waals surface area contributed by atoms with Crippen LogP contribution in [0.25, 0.3) is 0 Å². The number of alkyl halides is 3. The molecule has 11 heteroatoms. The van der Waals surface area contributed by atoms with Crippen molar-refractivity contribution in [1.82, 2.24) is 10.2 Å². The molecule has 0 spiro atoms. The van der Waals surface area contributed by atoms with Crippen LogP contribution < -0.4 is 9.62 Å². The minimum atomic E-state index is -4.73. The number of halogens is 3. The summed E-state index contributed by atoms with van der Waals surface area (Å²) in [5, 5.41) is 3.04. The predicted molar refractivity (Wildman–Crippen MR) is 159 cm³/mol. The van der Waals surface area contributed by atoms with Gasteiger partial charge in [0, 0.05) is 12.6 Å². The molecule has 0 radical (unpaired) electrons. The number of hydrogen-bond acceptors (Lipinski definition) is 4. The Morgan fingerprint density at radius 1 is 0.953 bits per heavy atom. The second kappa shape index (κ2) is 13.6. The van der Waals surface area contributed by atoms with Crippen molar-refractivity contribution in [2.45, 2.75) is 75.7 Å². The molecule has 1 aliphatic carbocycles. The van der Waals surface area contributed by atoms with Crippen LogP contribution in [0.2, 0.25) is 0 Å². The lowest BCUT2D eigenvalue weighted by molar-refractivity contribution is -0.140. The monoisotopic (exact) mass is 615 g/mol. The Morgan fingerprint density at radius 2 is 1.60 bits per heavy atom. The Morgan fingerprint density at radius 3 is 2.23 bits per heavy atom. The van der Waals surface area contributed by atoms with Gasteiger partial charge < -0.3 is 10.2 Å². The molecule has 0 aliphatic heterocycles. The van der Waals surface area contributed by atoms with Gasteiger partial charge in [-0.05, 0) is 67.6 Å². The van der Waals surface area contributed by atoms with E-state index in [9.17, 15) is 31.2 Å². The number of carbonyl (C=O) groups excluding carboxylic acids is 2. The third-order valence-corrected chi connectivity index (χ3v) is 9.55. The van der Waals surface area contributed by atoms with Gasteiger partial charge in [-0.2, -0.15) is 13.2 Å². The van der Waals surface area contributed by atoms with Gasteiger partial charge in [0.1, 0.15) is 12.6 Å². The van der Waals surface area contributed by atoms with E-state index in [1.54, 1.807) is 19.1 Å². The Labute approximate surface area is 250 Å². The van der Waals surface area contributed by atoms with Crippen LogP contribution >= 0.6 is 0 Å². The summed E-state index contributed by atoms with van der Waals surface area (Å²) in [6.45, 7) is 2.84. The topological polar surface area (TPSA) is 86.8 Å². The van der Waals surface area contributed by atoms with Crippen molar-refractivity contribution in [2.75, 3.05) is 10.8 Å². The summed E-state index contributed by atoms with van der Waals surface area (Å²) >= 11 is 0. The predicted octanol–water partition coefficient (Wildman–Crippen LogP) is 6.08. The fourth-order valence-electron chi connectivity index (χ4n) is 5.34. The van der Waals surface area contributed by atoms with Gasteiger partial charge in [-0.1, -0.05) is 68.3 Å². The first-order valence-electron chi connectivity index (χ1n) is 14.3. The molecule has 0 saturated heterocycles. The molecule has 7 nitrogen and oxygen atoms in total. The first-order chi connectivity index (χ1) is 20.4. The molecule has 1 fully saturated rings. The molecule has 0 heterocycles. The maximum Gasteiger partial charge on any atom is 0.416 e. The number of nitrogens with one attached hydrogen (secondary N) is 1. The average Bonchev–Trinajstić information content (AvgIpc) is 3.49. The van der Waals surface area contributed by atoms with E-state index in [-0.39, 0.29) is 35.5 Å². The minimum absolute atomic E-state index is 0.00275. The summed E-state index contributed by atoms with van der Waals surface area (Å²) in [6.07, 6.45) is -0.803. The molecule has 43 heavy (non-hydrogen) atoms. The highest BCUT2D eigenvalue weighted by Gasteiger charge is 2.36. The van der Waals surface area contributed by atoms with Crippen molar-refractivity contribution >= 4 is 27.5 Å². The van der Waals surface area contributed by atoms with E-state index in [2.05, 4.69) is 5.32 Å². The number of amides is 2. The van der Waals surface area contributed by atoms with Gasteiger partial charge in [0.05, 0.1) is 16.1 Å². The van der Waals surface area contributed by atoms with Gasteiger partial charge in [-0.15, -0.1) is 0 Å². The van der Waals surface area contributed by atoms with E-state index in [1.807, 2.05) is 25.1 Å². The molecule has 1 atom stereocenters. The van der Waals surface area contributed by atoms with Crippen molar-refractivity contribution < 1.29 is 31.2 Å². The van der Waals surface area contributed by atoms with Crippen LogP contribution in [-0.2, 0) is 32.3 Å². The molecule has 230 valence electrons. The molecule has 3 aromatic carbocycles. The summed E-state index contributed by atoms with van der Waals surface area (Å²) in [6, 6.07) is 17.5. The fraction of sp³-hybridized carbons (Fsp3) is 0.375. The molecule has 1 aliphatic rings. The number of carbonyl (C=O) groups is 2. The van der Waals surface area contributed by atoms with Crippen molar-refractivity contribution in [3.05, 3.63) is 95.6 Å². The first-order valence-corrected chi connectivity index (χ1v) is 15.7. The number of rotatable bonds is 11. The van der Waals surface area contributed by atoms with Crippen LogP contribution in [0.3, 0.4) is 0 Å². The molecule has 0 aromatic heterocycles. The third kappa shape index (κ3) is 7.76. The van der Waals surface area contributed by atoms with Crippen LogP contribution in [0.5, 0.6) is 0 Å². The number of sulfonamides is 1. The summed E-state index contributed by atoms with van der Waals surface area (Å²) in [7, 11) is -4.48. The second-order valence-corrected chi connectivity index (χ2v) is 12.6. The fourth-order valence-corrected chi connectivity index (χ4v) is 6.77. The van der Waals surface area contributed by atoms with Crippen molar-refractivity contribution in [2.24, 2.45) is 0 Å². The Hall–Kier alpha value is -3.86. The van der Waals surface area contributed by atoms with Gasteiger partial charge >= 0.3 is 6.18 Å². The van der Waals surface area contributed by atoms with Crippen LogP contribution in [0.1, 0.15) is 55.7 Å². The number of benzene rings is 3. The SMILES string of the molecule is CC[C@H](C(=O)NC1CCCC1)N(Cc1ccccc1C)C(=O)CN(c1cccc(C(F)(F)F)c1)S(=O)(=O)c1ccccc1. The summed E-state index contributed by atoms with van der Waals surface area (Å²) in [5.41, 5.74) is 0.272. The Balaban J connectivity index is 1.76. The molecule has 0 bridgehead atoms. The zero-order valence-corrected chi connectivity index (χ0v) is 25.0. The highest BCUT2D eigenvalue weighted by atomic mass is 32.2. The zero-order chi connectivity index (χ0) is 31.2. The molecule has 1 saturated carbocycles. The van der Waals surface area contributed by atoms with Crippen LogP contribution in [-0.4, -0.2) is 43.8 Å². The largest absolute Gasteiger partial charge is 0.416 e. The number of anilines is 1. The molecule has 0 unspecified atom stereocenters. The summed E-state index contributed by atoms with van der Waals surface area (Å²) in [5.74, 6) is -1.05. The smallest absolute Gasteiger partial charge is 0.352 e. The van der Waals surface area contributed by atoms with Crippen molar-refractivity contribution in [1.29, 1.82) is 0 Å². The van der Waals surface area contributed by atoms with Gasteiger partial charge in [0.15, 0.2) is 0 Å². The first kappa shape index (κ1) is 32.1. The number of nitrogens with zero attached hydrogens (tertiary/aromatic N) is 2. The number of hydrogen-bond donors (Lipinski definition) is 1. The third-order valence-electron chi connectivity index (χ3n) is 7.76. The summed E-state index contributed by atoms with van der Waals surface area (Å²) in [4.78, 5) is 28.8. The van der Waals surface area contributed by atoms with E-state index in [4.69, 9.17) is 0 Å². The lowest BCUT2D eigenvalue weighted by atomic mass is 10.1. The minimum Gasteiger partial charge on any atom is -0.352 e. The molecular formula is C32H36F3N3O4S. The standard InChI is InChI=1S/C32H36F3N3O4S/c1-3-29(31(40)36-26-15-9-10-16-26)37(21-24-13-8-7-12-23(24)2)30(39)22-38(43(41,42)28-18-5-4-6-19-28)27-17-11-14-25(20-27)32(33,34)35/h4-8,11-14,17-20,26,29H,3,9-10,15-16,21-22H2,1-2H3,(H,36,40)/t29-/m1/s1. The molecule has 3 aromatic rings. The number of aryl methyl sites for hydroxylation is 1. The van der Waals surface area contributed by atoms with E-state index in [1.165, 1.54) is 35.2 Å². The Kier molecular flexibility index (Phi) is 10.2. The van der Waals surface area contributed by atoms with Crippen LogP contribution in [0.4, 0.5) is 18.9 Å². The van der Waals surface area contributed by atoms with E-state index < -0.39 is 40.3 Å². The van der Waals surface area contributed by atoms with Crippen LogP contribution in [0.15, 0.2) is 83.8 Å². The summed E-state index contributed by atoms with van der Waals surface area (Å²) < 4.78 is 69.3. The maximum atomic E-state index is 14.2. The van der Waals surface area contributed by atoms with Crippen molar-refractivity contribution in [3.63, 3.8) is 0 Å². The van der Waals surface area contributed by atoms with Gasteiger partial charge in [0.25, 0.3) is 10.0 Å². The molecular weight excluding hydrogens is 579 g/mol. The van der Waals surface area contributed by atoms with Crippen molar-refractivity contribution in [3.8, 4) is 0 Å². The van der Waals surface area contributed by atoms with Gasteiger partial charge in [-0.25, -0.2) is 8.42 Å². The lowest BCUT2D eigenvalue weighted by Gasteiger charge is -2.34.